The molecule has 1 heterocycles. The maximum absolute atomic E-state index is 12.4. The van der Waals surface area contributed by atoms with Crippen LogP contribution >= 0.6 is 0 Å². The zero-order chi connectivity index (χ0) is 20.0. The molecule has 146 valence electrons. The van der Waals surface area contributed by atoms with Gasteiger partial charge < -0.3 is 31.5 Å². The van der Waals surface area contributed by atoms with Crippen LogP contribution in [-0.4, -0.2) is 75.5 Å². The van der Waals surface area contributed by atoms with Gasteiger partial charge in [0.2, 0.25) is 17.7 Å². The topological polar surface area (TPSA) is 179 Å². The summed E-state index contributed by atoms with van der Waals surface area (Å²) in [7, 11) is 0. The monoisotopic (exact) mass is 372 g/mol. The lowest BCUT2D eigenvalue weighted by Crippen LogP contribution is -2.56. The van der Waals surface area contributed by atoms with Crippen molar-refractivity contribution in [1.29, 1.82) is 0 Å². The second kappa shape index (κ2) is 9.13. The molecule has 1 aliphatic heterocycles. The molecular weight excluding hydrogens is 348 g/mol. The van der Waals surface area contributed by atoms with Gasteiger partial charge >= 0.3 is 11.9 Å². The minimum absolute atomic E-state index is 0.260. The van der Waals surface area contributed by atoms with Crippen molar-refractivity contribution in [2.75, 3.05) is 6.54 Å². The van der Waals surface area contributed by atoms with Crippen LogP contribution in [0.5, 0.6) is 0 Å². The summed E-state index contributed by atoms with van der Waals surface area (Å²) in [6, 6.07) is -4.38. The molecule has 4 atom stereocenters. The standard InChI is InChI=1S/C15H24N4O7/c1-7(16)12(22)18-9(6-11(20)21)13(23)17-8(2)14(24)19-5-3-4-10(19)15(25)26/h7-10H,3-6,16H2,1-2H3,(H,17,23)(H,18,22)(H,20,21)(H,25,26)/t7-,8-,9-,10-/m0/s1. The molecule has 0 aromatic carbocycles. The number of hydrogen-bond donors (Lipinski definition) is 5. The van der Waals surface area contributed by atoms with Gasteiger partial charge in [-0.15, -0.1) is 0 Å². The van der Waals surface area contributed by atoms with Gasteiger partial charge in [-0.05, 0) is 26.7 Å². The van der Waals surface area contributed by atoms with Crippen LogP contribution in [0.2, 0.25) is 0 Å². The Morgan fingerprint density at radius 2 is 1.73 bits per heavy atom. The SMILES string of the molecule is C[C@H](N)C(=O)N[C@@H](CC(=O)O)C(=O)N[C@@H](C)C(=O)N1CCC[C@H]1C(=O)O. The van der Waals surface area contributed by atoms with E-state index in [9.17, 15) is 24.0 Å². The maximum atomic E-state index is 12.4. The van der Waals surface area contributed by atoms with Crippen molar-refractivity contribution in [3.05, 3.63) is 0 Å². The van der Waals surface area contributed by atoms with E-state index in [-0.39, 0.29) is 6.54 Å². The second-order valence-electron chi connectivity index (χ2n) is 6.21. The molecule has 0 spiro atoms. The van der Waals surface area contributed by atoms with Crippen LogP contribution in [0.15, 0.2) is 0 Å². The zero-order valence-corrected chi connectivity index (χ0v) is 14.6. The number of hydrogen-bond acceptors (Lipinski definition) is 6. The molecule has 1 aliphatic rings. The first-order valence-electron chi connectivity index (χ1n) is 8.16. The number of rotatable bonds is 8. The Kier molecular flexibility index (Phi) is 7.50. The summed E-state index contributed by atoms with van der Waals surface area (Å²) in [5.74, 6) is -4.61. The number of carboxylic acids is 2. The van der Waals surface area contributed by atoms with Crippen LogP contribution in [0.1, 0.15) is 33.1 Å². The Labute approximate surface area is 149 Å². The fourth-order valence-electron chi connectivity index (χ4n) is 2.60. The number of carboxylic acid groups (broad SMARTS) is 2. The average Bonchev–Trinajstić information content (AvgIpc) is 3.02. The van der Waals surface area contributed by atoms with Crippen LogP contribution in [0.4, 0.5) is 0 Å². The van der Waals surface area contributed by atoms with Gasteiger partial charge in [0, 0.05) is 6.54 Å². The summed E-state index contributed by atoms with van der Waals surface area (Å²) >= 11 is 0. The van der Waals surface area contributed by atoms with Gasteiger partial charge in [-0.3, -0.25) is 19.2 Å². The molecule has 11 nitrogen and oxygen atoms in total. The van der Waals surface area contributed by atoms with E-state index < -0.39 is 60.2 Å². The highest BCUT2D eigenvalue weighted by molar-refractivity contribution is 5.95. The largest absolute Gasteiger partial charge is 0.481 e. The smallest absolute Gasteiger partial charge is 0.326 e. The fourth-order valence-corrected chi connectivity index (χ4v) is 2.60. The summed E-state index contributed by atoms with van der Waals surface area (Å²) in [6.07, 6.45) is 0.177. The number of likely N-dealkylation sites (tertiary alicyclic amines) is 1. The van der Waals surface area contributed by atoms with Crippen molar-refractivity contribution >= 4 is 29.7 Å². The predicted octanol–water partition coefficient (Wildman–Crippen LogP) is -2.13. The molecule has 3 amide bonds. The molecule has 11 heteroatoms. The Morgan fingerprint density at radius 3 is 2.23 bits per heavy atom. The highest BCUT2D eigenvalue weighted by atomic mass is 16.4. The molecule has 0 unspecified atom stereocenters. The lowest BCUT2D eigenvalue weighted by Gasteiger charge is -2.26. The van der Waals surface area contributed by atoms with Gasteiger partial charge in [-0.25, -0.2) is 4.79 Å². The van der Waals surface area contributed by atoms with Crippen molar-refractivity contribution in [2.45, 2.75) is 57.3 Å². The van der Waals surface area contributed by atoms with Crippen molar-refractivity contribution in [3.63, 3.8) is 0 Å². The van der Waals surface area contributed by atoms with Crippen molar-refractivity contribution in [1.82, 2.24) is 15.5 Å². The van der Waals surface area contributed by atoms with Gasteiger partial charge in [0.25, 0.3) is 0 Å². The molecule has 0 aromatic heterocycles. The van der Waals surface area contributed by atoms with Crippen molar-refractivity contribution in [2.24, 2.45) is 5.73 Å². The van der Waals surface area contributed by atoms with Crippen LogP contribution in [-0.2, 0) is 24.0 Å². The number of carbonyl (C=O) groups excluding carboxylic acids is 3. The number of aliphatic carboxylic acids is 2. The Balaban J connectivity index is 2.77. The minimum atomic E-state index is -1.41. The molecule has 26 heavy (non-hydrogen) atoms. The van der Waals surface area contributed by atoms with Crippen LogP contribution in [0.3, 0.4) is 0 Å². The maximum Gasteiger partial charge on any atom is 0.326 e. The third-order valence-corrected chi connectivity index (χ3v) is 3.98. The first-order chi connectivity index (χ1) is 12.0. The number of amides is 3. The van der Waals surface area contributed by atoms with Gasteiger partial charge in [0.05, 0.1) is 12.5 Å². The van der Waals surface area contributed by atoms with E-state index in [1.807, 2.05) is 0 Å². The highest BCUT2D eigenvalue weighted by Crippen LogP contribution is 2.18. The predicted molar refractivity (Wildman–Crippen MR) is 87.8 cm³/mol. The van der Waals surface area contributed by atoms with E-state index in [1.165, 1.54) is 18.7 Å². The molecule has 1 fully saturated rings. The van der Waals surface area contributed by atoms with Gasteiger partial charge in [0.15, 0.2) is 0 Å². The van der Waals surface area contributed by atoms with Crippen LogP contribution < -0.4 is 16.4 Å². The number of carbonyl (C=O) groups is 5. The first kappa shape index (κ1) is 21.4. The third kappa shape index (κ3) is 5.69. The highest BCUT2D eigenvalue weighted by Gasteiger charge is 2.37. The van der Waals surface area contributed by atoms with E-state index in [2.05, 4.69) is 10.6 Å². The summed E-state index contributed by atoms with van der Waals surface area (Å²) in [5.41, 5.74) is 5.38. The van der Waals surface area contributed by atoms with Gasteiger partial charge in [0.1, 0.15) is 18.1 Å². The molecule has 0 radical (unpaired) electrons. The third-order valence-electron chi connectivity index (χ3n) is 3.98. The summed E-state index contributed by atoms with van der Waals surface area (Å²) in [6.45, 7) is 3.00. The van der Waals surface area contributed by atoms with Gasteiger partial charge in [-0.1, -0.05) is 0 Å². The molecule has 6 N–H and O–H groups in total. The van der Waals surface area contributed by atoms with Crippen molar-refractivity contribution in [3.8, 4) is 0 Å². The van der Waals surface area contributed by atoms with Crippen molar-refractivity contribution < 1.29 is 34.2 Å². The molecule has 0 aliphatic carbocycles. The molecule has 1 rings (SSSR count). The first-order valence-corrected chi connectivity index (χ1v) is 8.16. The Hall–Kier alpha value is -2.69. The Morgan fingerprint density at radius 1 is 1.12 bits per heavy atom. The normalized spacial score (nSPS) is 20.0. The summed E-state index contributed by atoms with van der Waals surface area (Å²) in [4.78, 5) is 59.5. The number of nitrogens with two attached hydrogens (primary N) is 1. The second-order valence-corrected chi connectivity index (χ2v) is 6.21. The van der Waals surface area contributed by atoms with Gasteiger partial charge in [-0.2, -0.15) is 0 Å². The molecular formula is C15H24N4O7. The van der Waals surface area contributed by atoms with E-state index in [1.54, 1.807) is 0 Å². The molecule has 0 bridgehead atoms. The van der Waals surface area contributed by atoms with E-state index in [0.717, 1.165) is 0 Å². The Bertz CT molecular complexity index is 593. The summed E-state index contributed by atoms with van der Waals surface area (Å²) in [5, 5.41) is 22.6. The molecule has 1 saturated heterocycles. The van der Waals surface area contributed by atoms with Crippen LogP contribution in [0.25, 0.3) is 0 Å². The fraction of sp³-hybridized carbons (Fsp3) is 0.667. The van der Waals surface area contributed by atoms with E-state index >= 15 is 0 Å². The lowest BCUT2D eigenvalue weighted by atomic mass is 10.1. The zero-order valence-electron chi connectivity index (χ0n) is 14.6. The quantitative estimate of drug-likeness (QED) is 0.320. The number of nitrogens with zero attached hydrogens (tertiary/aromatic N) is 1. The lowest BCUT2D eigenvalue weighted by molar-refractivity contribution is -0.149. The minimum Gasteiger partial charge on any atom is -0.481 e. The van der Waals surface area contributed by atoms with E-state index in [0.29, 0.717) is 12.8 Å². The summed E-state index contributed by atoms with van der Waals surface area (Å²) < 4.78 is 0. The van der Waals surface area contributed by atoms with Crippen LogP contribution in [0, 0.1) is 0 Å². The van der Waals surface area contributed by atoms with E-state index in [4.69, 9.17) is 15.9 Å². The molecule has 0 saturated carbocycles. The molecule has 0 aromatic rings. The average molecular weight is 372 g/mol. The number of nitrogens with one attached hydrogen (secondary N) is 2.